The highest BCUT2D eigenvalue weighted by molar-refractivity contribution is 7.92. The number of sulfonamides is 1. The summed E-state index contributed by atoms with van der Waals surface area (Å²) in [4.78, 5) is 14.8. The molecule has 0 aliphatic carbocycles. The highest BCUT2D eigenvalue weighted by Gasteiger charge is 2.38. The number of likely N-dealkylation sites (N-methyl/N-ethyl adjacent to an activating group) is 1. The van der Waals surface area contributed by atoms with E-state index in [0.29, 0.717) is 5.02 Å². The monoisotopic (exact) mass is 359 g/mol. The van der Waals surface area contributed by atoms with Crippen molar-refractivity contribution >= 4 is 33.2 Å². The zero-order valence-electron chi connectivity index (χ0n) is 13.7. The van der Waals surface area contributed by atoms with Gasteiger partial charge in [0.1, 0.15) is 0 Å². The average molecular weight is 360 g/mol. The summed E-state index contributed by atoms with van der Waals surface area (Å²) in [5, 5.41) is 3.37. The molecule has 0 bridgehead atoms. The molecule has 1 aliphatic rings. The first-order valence-corrected chi connectivity index (χ1v) is 9.52. The van der Waals surface area contributed by atoms with Gasteiger partial charge in [-0.15, -0.1) is 0 Å². The number of anilines is 1. The van der Waals surface area contributed by atoms with Gasteiger partial charge in [-0.2, -0.15) is 0 Å². The van der Waals surface area contributed by atoms with E-state index in [-0.39, 0.29) is 28.6 Å². The van der Waals surface area contributed by atoms with Gasteiger partial charge in [-0.1, -0.05) is 25.4 Å². The molecule has 8 heteroatoms. The molecule has 1 heterocycles. The number of hydrogen-bond acceptors (Lipinski definition) is 4. The molecule has 128 valence electrons. The fourth-order valence-corrected chi connectivity index (χ4v) is 3.65. The Bertz CT molecular complexity index is 719. The normalized spacial score (nSPS) is 21.2. The Labute approximate surface area is 142 Å². The van der Waals surface area contributed by atoms with E-state index < -0.39 is 10.0 Å². The molecule has 1 saturated heterocycles. The average Bonchev–Trinajstić information content (AvgIpc) is 2.62. The first-order valence-electron chi connectivity index (χ1n) is 7.25. The Morgan fingerprint density at radius 2 is 2.04 bits per heavy atom. The van der Waals surface area contributed by atoms with Gasteiger partial charge in [0.25, 0.3) is 5.91 Å². The Morgan fingerprint density at radius 3 is 2.57 bits per heavy atom. The standard InChI is InChI=1S/C15H22ClN3O3S/c1-15(2)9-19(3)8-13(15)17-14(20)11-7-10(16)5-6-12(11)18-23(4,21)22/h5-7,13,18H,8-9H2,1-4H3,(H,17,20). The Morgan fingerprint density at radius 1 is 1.39 bits per heavy atom. The minimum Gasteiger partial charge on any atom is -0.347 e. The number of benzene rings is 1. The van der Waals surface area contributed by atoms with Gasteiger partial charge in [-0.05, 0) is 30.7 Å². The largest absolute Gasteiger partial charge is 0.347 e. The summed E-state index contributed by atoms with van der Waals surface area (Å²) in [5.74, 6) is -0.341. The van der Waals surface area contributed by atoms with Gasteiger partial charge in [0.05, 0.1) is 17.5 Å². The number of carbonyl (C=O) groups excluding carboxylic acids is 1. The van der Waals surface area contributed by atoms with Crippen molar-refractivity contribution in [3.8, 4) is 0 Å². The first kappa shape index (κ1) is 18.0. The van der Waals surface area contributed by atoms with Crippen LogP contribution in [-0.4, -0.2) is 51.7 Å². The van der Waals surface area contributed by atoms with Crippen molar-refractivity contribution in [1.29, 1.82) is 0 Å². The summed E-state index contributed by atoms with van der Waals surface area (Å²) in [6.07, 6.45) is 1.04. The number of likely N-dealkylation sites (tertiary alicyclic amines) is 1. The Hall–Kier alpha value is -1.31. The molecule has 2 N–H and O–H groups in total. The van der Waals surface area contributed by atoms with Crippen molar-refractivity contribution in [3.63, 3.8) is 0 Å². The third-order valence-electron chi connectivity index (χ3n) is 3.94. The number of carbonyl (C=O) groups is 1. The topological polar surface area (TPSA) is 78.5 Å². The third-order valence-corrected chi connectivity index (χ3v) is 4.77. The summed E-state index contributed by atoms with van der Waals surface area (Å²) in [7, 11) is -1.48. The predicted molar refractivity (Wildman–Crippen MR) is 92.5 cm³/mol. The van der Waals surface area contributed by atoms with Gasteiger partial charge in [-0.25, -0.2) is 8.42 Å². The number of nitrogens with zero attached hydrogens (tertiary/aromatic N) is 1. The second-order valence-corrected chi connectivity index (χ2v) is 8.96. The molecular weight excluding hydrogens is 338 g/mol. The highest BCUT2D eigenvalue weighted by atomic mass is 35.5. The van der Waals surface area contributed by atoms with Gasteiger partial charge in [-0.3, -0.25) is 9.52 Å². The minimum absolute atomic E-state index is 0.0231. The fraction of sp³-hybridized carbons (Fsp3) is 0.533. The molecule has 6 nitrogen and oxygen atoms in total. The molecule has 0 spiro atoms. The van der Waals surface area contributed by atoms with E-state index in [4.69, 9.17) is 11.6 Å². The zero-order valence-corrected chi connectivity index (χ0v) is 15.3. The maximum absolute atomic E-state index is 12.6. The molecule has 1 unspecified atom stereocenters. The number of hydrogen-bond donors (Lipinski definition) is 2. The highest BCUT2D eigenvalue weighted by Crippen LogP contribution is 2.29. The first-order chi connectivity index (χ1) is 10.5. The third kappa shape index (κ3) is 4.59. The van der Waals surface area contributed by atoms with E-state index >= 15 is 0 Å². The molecule has 1 fully saturated rings. The summed E-state index contributed by atoms with van der Waals surface area (Å²) >= 11 is 5.96. The Balaban J connectivity index is 2.27. The van der Waals surface area contributed by atoms with Crippen LogP contribution in [0, 0.1) is 5.41 Å². The fourth-order valence-electron chi connectivity index (χ4n) is 2.90. The van der Waals surface area contributed by atoms with Crippen molar-refractivity contribution in [3.05, 3.63) is 28.8 Å². The minimum atomic E-state index is -3.49. The predicted octanol–water partition coefficient (Wildman–Crippen LogP) is 1.78. The summed E-state index contributed by atoms with van der Waals surface area (Å²) in [6.45, 7) is 5.81. The maximum Gasteiger partial charge on any atom is 0.253 e. The molecule has 23 heavy (non-hydrogen) atoms. The molecular formula is C15H22ClN3O3S. The van der Waals surface area contributed by atoms with Crippen molar-refractivity contribution in [2.75, 3.05) is 31.1 Å². The van der Waals surface area contributed by atoms with Crippen LogP contribution >= 0.6 is 11.6 Å². The van der Waals surface area contributed by atoms with Crippen molar-refractivity contribution in [1.82, 2.24) is 10.2 Å². The van der Waals surface area contributed by atoms with Crippen molar-refractivity contribution in [2.24, 2.45) is 5.41 Å². The smallest absolute Gasteiger partial charge is 0.253 e. The molecule has 1 aromatic rings. The second-order valence-electron chi connectivity index (χ2n) is 6.78. The number of amides is 1. The number of nitrogens with one attached hydrogen (secondary N) is 2. The molecule has 1 atom stereocenters. The van der Waals surface area contributed by atoms with Crippen LogP contribution in [-0.2, 0) is 10.0 Å². The number of rotatable bonds is 4. The molecule has 1 aromatic carbocycles. The zero-order chi connectivity index (χ0) is 17.4. The van der Waals surface area contributed by atoms with Crippen LogP contribution in [0.3, 0.4) is 0 Å². The van der Waals surface area contributed by atoms with Crippen LogP contribution < -0.4 is 10.0 Å². The lowest BCUT2D eigenvalue weighted by molar-refractivity contribution is 0.0917. The van der Waals surface area contributed by atoms with E-state index in [1.165, 1.54) is 12.1 Å². The van der Waals surface area contributed by atoms with E-state index in [2.05, 4.69) is 28.8 Å². The molecule has 1 amide bonds. The lowest BCUT2D eigenvalue weighted by atomic mass is 9.87. The van der Waals surface area contributed by atoms with Gasteiger partial charge in [0.15, 0.2) is 0 Å². The van der Waals surface area contributed by atoms with Crippen LogP contribution in [0.15, 0.2) is 18.2 Å². The molecule has 0 radical (unpaired) electrons. The second kappa shape index (κ2) is 6.30. The summed E-state index contributed by atoms with van der Waals surface area (Å²) in [6, 6.07) is 4.48. The van der Waals surface area contributed by atoms with E-state index in [9.17, 15) is 13.2 Å². The van der Waals surface area contributed by atoms with Crippen LogP contribution in [0.25, 0.3) is 0 Å². The SMILES string of the molecule is CN1CC(NC(=O)c2cc(Cl)ccc2NS(C)(=O)=O)C(C)(C)C1. The maximum atomic E-state index is 12.6. The Kier molecular flexibility index (Phi) is 4.94. The van der Waals surface area contributed by atoms with Crippen LogP contribution in [0.2, 0.25) is 5.02 Å². The quantitative estimate of drug-likeness (QED) is 0.859. The summed E-state index contributed by atoms with van der Waals surface area (Å²) in [5.41, 5.74) is 0.375. The van der Waals surface area contributed by atoms with Crippen LogP contribution in [0.4, 0.5) is 5.69 Å². The van der Waals surface area contributed by atoms with Gasteiger partial charge < -0.3 is 10.2 Å². The molecule has 2 rings (SSSR count). The van der Waals surface area contributed by atoms with Crippen LogP contribution in [0.5, 0.6) is 0 Å². The number of halogens is 1. The summed E-state index contributed by atoms with van der Waals surface area (Å²) < 4.78 is 25.3. The van der Waals surface area contributed by atoms with Gasteiger partial charge >= 0.3 is 0 Å². The molecule has 0 saturated carbocycles. The molecule has 0 aromatic heterocycles. The van der Waals surface area contributed by atoms with Gasteiger partial charge in [0.2, 0.25) is 10.0 Å². The van der Waals surface area contributed by atoms with E-state index in [1.54, 1.807) is 6.07 Å². The lowest BCUT2D eigenvalue weighted by Gasteiger charge is -2.27. The molecule has 1 aliphatic heterocycles. The van der Waals surface area contributed by atoms with Crippen molar-refractivity contribution in [2.45, 2.75) is 19.9 Å². The van der Waals surface area contributed by atoms with Gasteiger partial charge in [0, 0.05) is 24.2 Å². The van der Waals surface area contributed by atoms with Crippen LogP contribution in [0.1, 0.15) is 24.2 Å². The van der Waals surface area contributed by atoms with Crippen molar-refractivity contribution < 1.29 is 13.2 Å². The van der Waals surface area contributed by atoms with E-state index in [1.807, 2.05) is 7.05 Å². The lowest BCUT2D eigenvalue weighted by Crippen LogP contribution is -2.44. The van der Waals surface area contributed by atoms with E-state index in [0.717, 1.165) is 19.3 Å².